The number of alkyl carbamates (subject to hydrolysis) is 2. The predicted octanol–water partition coefficient (Wildman–Crippen LogP) is 11.4. The van der Waals surface area contributed by atoms with Crippen LogP contribution < -0.4 is 10.6 Å². The number of benzene rings is 3. The van der Waals surface area contributed by atoms with Crippen molar-refractivity contribution < 1.29 is 28.7 Å². The second kappa shape index (κ2) is 19.8. The van der Waals surface area contributed by atoms with Crippen LogP contribution in [0.1, 0.15) is 114 Å². The first-order valence-electron chi connectivity index (χ1n) is 22.7. The lowest BCUT2D eigenvalue weighted by Gasteiger charge is -2.31. The Hall–Kier alpha value is -6.12. The molecule has 0 spiro atoms. The lowest BCUT2D eigenvalue weighted by Crippen LogP contribution is -2.50. The first-order valence-corrected chi connectivity index (χ1v) is 24.4. The first-order chi connectivity index (χ1) is 31.6. The minimum absolute atomic E-state index is 0.136. The van der Waals surface area contributed by atoms with Crippen molar-refractivity contribution in [1.29, 1.82) is 0 Å². The van der Waals surface area contributed by atoms with Gasteiger partial charge in [-0.25, -0.2) is 19.6 Å². The van der Waals surface area contributed by atoms with Crippen LogP contribution in [0.4, 0.5) is 9.59 Å². The van der Waals surface area contributed by atoms with Crippen molar-refractivity contribution >= 4 is 46.7 Å². The summed E-state index contributed by atoms with van der Waals surface area (Å²) < 4.78 is 11.1. The molecule has 4 amide bonds. The second-order valence-electron chi connectivity index (χ2n) is 18.9. The number of hydrogen-bond donors (Lipinski definition) is 2. The van der Waals surface area contributed by atoms with Gasteiger partial charge in [-0.2, -0.15) is 0 Å². The minimum Gasteiger partial charge on any atom is -0.444 e. The second-order valence-corrected chi connectivity index (χ2v) is 20.9. The topological polar surface area (TPSA) is 143 Å². The summed E-state index contributed by atoms with van der Waals surface area (Å²) in [6.45, 7) is 12.0. The standard InChI is InChI=1S/C52H58N6O6S2/c1-51(2,3)63-49(61)55-43(37-15-9-7-10-16-37)47(59)57-29-13-19-40(57)45-53-31-42(66-45)36-27-23-34(24-28-36)33-21-25-35(26-22-33)39-32-65-46(54-39)41-20-14-30-58(41)48(60)44(38-17-11-8-12-18-38)56-50(62)64-52(4,5)6/h7-11,15-17,21-28,31-32,40-41,43-44H,12-14,18-20,29-30H2,1-6H3,(H,55,61)(H,56,62)/t40-,41-,43+,44+/m0/s1. The van der Waals surface area contributed by atoms with Gasteiger partial charge >= 0.3 is 12.2 Å². The number of aromatic nitrogens is 2. The molecule has 344 valence electrons. The van der Waals surface area contributed by atoms with Crippen molar-refractivity contribution in [2.45, 2.75) is 115 Å². The summed E-state index contributed by atoms with van der Waals surface area (Å²) in [6, 6.07) is 24.0. The van der Waals surface area contributed by atoms with E-state index in [9.17, 15) is 19.2 Å². The number of amides is 4. The van der Waals surface area contributed by atoms with Gasteiger partial charge in [-0.3, -0.25) is 9.59 Å². The molecule has 2 aromatic heterocycles. The maximum absolute atomic E-state index is 14.2. The molecule has 66 heavy (non-hydrogen) atoms. The molecule has 0 bridgehead atoms. The smallest absolute Gasteiger partial charge is 0.408 e. The Labute approximate surface area is 395 Å². The lowest BCUT2D eigenvalue weighted by molar-refractivity contribution is -0.135. The van der Waals surface area contributed by atoms with Crippen molar-refractivity contribution in [3.05, 3.63) is 130 Å². The first kappa shape index (κ1) is 46.4. The monoisotopic (exact) mass is 926 g/mol. The molecule has 4 heterocycles. The summed E-state index contributed by atoms with van der Waals surface area (Å²) in [4.78, 5) is 68.8. The minimum atomic E-state index is -0.889. The fourth-order valence-electron chi connectivity index (χ4n) is 8.67. The molecule has 5 aromatic rings. The van der Waals surface area contributed by atoms with Crippen molar-refractivity contribution in [3.8, 4) is 32.8 Å². The number of allylic oxidation sites excluding steroid dienone is 3. The van der Waals surface area contributed by atoms with E-state index in [1.807, 2.05) is 79.3 Å². The summed E-state index contributed by atoms with van der Waals surface area (Å²) in [5, 5.41) is 9.53. The van der Waals surface area contributed by atoms with Gasteiger partial charge in [0.2, 0.25) is 5.91 Å². The summed E-state index contributed by atoms with van der Waals surface area (Å²) in [5.74, 6) is -0.321. The van der Waals surface area contributed by atoms with Crippen LogP contribution in [0, 0.1) is 0 Å². The summed E-state index contributed by atoms with van der Waals surface area (Å²) in [5.41, 5.74) is 5.21. The van der Waals surface area contributed by atoms with Crippen molar-refractivity contribution in [3.63, 3.8) is 0 Å². The molecule has 0 radical (unpaired) electrons. The number of carbonyl (C=O) groups excluding carboxylic acids is 4. The highest BCUT2D eigenvalue weighted by atomic mass is 32.1. The Morgan fingerprint density at radius 1 is 0.697 bits per heavy atom. The van der Waals surface area contributed by atoms with E-state index >= 15 is 0 Å². The Balaban J connectivity index is 0.920. The maximum atomic E-state index is 14.2. The molecular weight excluding hydrogens is 869 g/mol. The zero-order chi connectivity index (χ0) is 46.6. The van der Waals surface area contributed by atoms with Gasteiger partial charge in [0.1, 0.15) is 33.3 Å². The molecule has 0 saturated carbocycles. The molecule has 12 nitrogen and oxygen atoms in total. The summed E-state index contributed by atoms with van der Waals surface area (Å²) in [6.07, 6.45) is 11.4. The van der Waals surface area contributed by atoms with Gasteiger partial charge in [-0.15, -0.1) is 22.7 Å². The third-order valence-corrected chi connectivity index (χ3v) is 13.8. The molecule has 2 aliphatic heterocycles. The van der Waals surface area contributed by atoms with E-state index in [1.54, 1.807) is 43.4 Å². The molecule has 14 heteroatoms. The Morgan fingerprint density at radius 2 is 1.24 bits per heavy atom. The predicted molar refractivity (Wildman–Crippen MR) is 260 cm³/mol. The zero-order valence-corrected chi connectivity index (χ0v) is 40.0. The Kier molecular flexibility index (Phi) is 13.9. The molecule has 2 N–H and O–H groups in total. The van der Waals surface area contributed by atoms with Crippen LogP contribution in [-0.4, -0.2) is 74.1 Å². The number of likely N-dealkylation sites (tertiary alicyclic amines) is 2. The van der Waals surface area contributed by atoms with Gasteiger partial charge in [0, 0.05) is 30.2 Å². The van der Waals surface area contributed by atoms with E-state index in [0.29, 0.717) is 25.1 Å². The van der Waals surface area contributed by atoms with Gasteiger partial charge in [0.15, 0.2) is 0 Å². The Morgan fingerprint density at radius 3 is 1.82 bits per heavy atom. The van der Waals surface area contributed by atoms with Crippen LogP contribution in [0.3, 0.4) is 0 Å². The van der Waals surface area contributed by atoms with E-state index in [2.05, 4.69) is 70.6 Å². The van der Waals surface area contributed by atoms with Gasteiger partial charge < -0.3 is 29.9 Å². The number of nitrogens with zero attached hydrogens (tertiary/aromatic N) is 4. The third-order valence-electron chi connectivity index (χ3n) is 11.7. The van der Waals surface area contributed by atoms with E-state index < -0.39 is 35.5 Å². The van der Waals surface area contributed by atoms with E-state index in [0.717, 1.165) is 80.5 Å². The van der Waals surface area contributed by atoms with Gasteiger partial charge in [-0.05, 0) is 108 Å². The number of ether oxygens (including phenoxy) is 2. The molecular formula is C52H58N6O6S2. The maximum Gasteiger partial charge on any atom is 0.408 e. The van der Waals surface area contributed by atoms with Crippen LogP contribution in [0.25, 0.3) is 32.8 Å². The highest BCUT2D eigenvalue weighted by Gasteiger charge is 2.39. The molecule has 1 aliphatic carbocycles. The Bertz CT molecular complexity index is 2590. The quantitative estimate of drug-likeness (QED) is 0.133. The average molecular weight is 927 g/mol. The van der Waals surface area contributed by atoms with E-state index in [-0.39, 0.29) is 23.9 Å². The van der Waals surface area contributed by atoms with Crippen LogP contribution in [-0.2, 0) is 19.1 Å². The van der Waals surface area contributed by atoms with E-state index in [1.165, 1.54) is 0 Å². The summed E-state index contributed by atoms with van der Waals surface area (Å²) >= 11 is 3.15. The van der Waals surface area contributed by atoms with Crippen molar-refractivity contribution in [2.75, 3.05) is 13.1 Å². The molecule has 4 atom stereocenters. The normalized spacial score (nSPS) is 18.4. The average Bonchev–Trinajstić information content (AvgIpc) is 4.14. The zero-order valence-electron chi connectivity index (χ0n) is 38.4. The largest absolute Gasteiger partial charge is 0.444 e. The molecule has 3 aliphatic rings. The van der Waals surface area contributed by atoms with Crippen LogP contribution >= 0.6 is 22.7 Å². The van der Waals surface area contributed by atoms with Crippen molar-refractivity contribution in [1.82, 2.24) is 30.4 Å². The molecule has 0 unspecified atom stereocenters. The SMILES string of the molecule is CC(C)(C)OC(=O)N[C@@H](C(=O)N1CCC[C@H]1c1nc(-c2ccc(-c3ccc(-c4cnc([C@@H]5CCCN5C(=O)[C@H](NC(=O)OC(C)(C)C)c5ccccc5)s4)cc3)cc2)cs1)C1=CC=CCC1. The number of nitrogens with one attached hydrogen (secondary N) is 2. The van der Waals surface area contributed by atoms with Crippen LogP contribution in [0.2, 0.25) is 0 Å². The molecule has 2 saturated heterocycles. The van der Waals surface area contributed by atoms with Crippen molar-refractivity contribution in [2.24, 2.45) is 0 Å². The fourth-order valence-corrected chi connectivity index (χ4v) is 10.7. The number of rotatable bonds is 11. The summed E-state index contributed by atoms with van der Waals surface area (Å²) in [7, 11) is 0. The highest BCUT2D eigenvalue weighted by molar-refractivity contribution is 7.15. The van der Waals surface area contributed by atoms with Crippen LogP contribution in [0.5, 0.6) is 0 Å². The third kappa shape index (κ3) is 11.1. The number of thiazole rings is 2. The lowest BCUT2D eigenvalue weighted by atomic mass is 9.96. The molecule has 2 fully saturated rings. The van der Waals surface area contributed by atoms with Crippen LogP contribution in [0.15, 0.2) is 114 Å². The molecule has 3 aromatic carbocycles. The molecule has 8 rings (SSSR count). The number of carbonyl (C=O) groups is 4. The number of hydrogen-bond acceptors (Lipinski definition) is 10. The highest BCUT2D eigenvalue weighted by Crippen LogP contribution is 2.40. The fraction of sp³-hybridized carbons (Fsp3) is 0.385. The van der Waals surface area contributed by atoms with E-state index in [4.69, 9.17) is 19.4 Å². The van der Waals surface area contributed by atoms with Gasteiger partial charge in [-0.1, -0.05) is 97.1 Å². The van der Waals surface area contributed by atoms with Gasteiger partial charge in [0.05, 0.1) is 22.7 Å². The van der Waals surface area contributed by atoms with Gasteiger partial charge in [0.25, 0.3) is 5.91 Å².